The van der Waals surface area contributed by atoms with Gasteiger partial charge >= 0.3 is 5.97 Å². The van der Waals surface area contributed by atoms with Gasteiger partial charge in [-0.25, -0.2) is 18.4 Å². The minimum atomic E-state index is -4.09. The van der Waals surface area contributed by atoms with E-state index in [0.717, 1.165) is 6.07 Å². The molecule has 0 aromatic heterocycles. The van der Waals surface area contributed by atoms with Crippen LogP contribution in [0.2, 0.25) is 10.0 Å². The number of rotatable bonds is 3. The quantitative estimate of drug-likeness (QED) is 0.843. The van der Waals surface area contributed by atoms with Crippen LogP contribution in [0.1, 0.15) is 16.8 Å². The second kappa shape index (κ2) is 5.87. The molecule has 0 spiro atoms. The summed E-state index contributed by atoms with van der Waals surface area (Å²) in [5.74, 6) is -0.766. The lowest BCUT2D eigenvalue weighted by atomic mass is 10.2. The summed E-state index contributed by atoms with van der Waals surface area (Å²) in [6.07, 6.45) is 0.196. The third-order valence-electron chi connectivity index (χ3n) is 2.69. The molecule has 6 nitrogen and oxygen atoms in total. The number of carbonyl (C=O) groups excluding carboxylic acids is 1. The first-order chi connectivity index (χ1) is 9.29. The van der Waals surface area contributed by atoms with E-state index in [0.29, 0.717) is 19.6 Å². The van der Waals surface area contributed by atoms with E-state index in [-0.39, 0.29) is 21.7 Å². The van der Waals surface area contributed by atoms with Gasteiger partial charge in [0.05, 0.1) is 23.8 Å². The van der Waals surface area contributed by atoms with E-state index in [9.17, 15) is 13.2 Å². The van der Waals surface area contributed by atoms with Crippen molar-refractivity contribution in [3.63, 3.8) is 0 Å². The van der Waals surface area contributed by atoms with Gasteiger partial charge in [0, 0.05) is 11.4 Å². The SMILES string of the molecule is NS(=O)(=O)c1cc(Cl)cc(C(=O)OC2CCOC2)c1Cl. The Morgan fingerprint density at radius 2 is 2.10 bits per heavy atom. The van der Waals surface area contributed by atoms with Crippen molar-refractivity contribution >= 4 is 39.2 Å². The Balaban J connectivity index is 2.36. The Kier molecular flexibility index (Phi) is 4.55. The van der Waals surface area contributed by atoms with Crippen molar-refractivity contribution in [3.8, 4) is 0 Å². The van der Waals surface area contributed by atoms with Crippen LogP contribution in [0.5, 0.6) is 0 Å². The van der Waals surface area contributed by atoms with E-state index in [1.165, 1.54) is 6.07 Å². The lowest BCUT2D eigenvalue weighted by Crippen LogP contribution is -2.20. The normalized spacial score (nSPS) is 19.1. The molecule has 1 aromatic carbocycles. The van der Waals surface area contributed by atoms with Crippen LogP contribution in [-0.4, -0.2) is 33.7 Å². The zero-order valence-corrected chi connectivity index (χ0v) is 12.5. The van der Waals surface area contributed by atoms with Crippen molar-refractivity contribution < 1.29 is 22.7 Å². The third kappa shape index (κ3) is 3.42. The first kappa shape index (κ1) is 15.5. The van der Waals surface area contributed by atoms with Crippen LogP contribution < -0.4 is 5.14 Å². The maximum atomic E-state index is 12.0. The van der Waals surface area contributed by atoms with E-state index in [2.05, 4.69) is 0 Å². The first-order valence-corrected chi connectivity index (χ1v) is 7.90. The molecule has 1 heterocycles. The summed E-state index contributed by atoms with van der Waals surface area (Å²) in [7, 11) is -4.09. The lowest BCUT2D eigenvalue weighted by Gasteiger charge is -2.12. The highest BCUT2D eigenvalue weighted by atomic mass is 35.5. The molecule has 1 aliphatic rings. The highest BCUT2D eigenvalue weighted by Gasteiger charge is 2.25. The molecule has 0 saturated carbocycles. The van der Waals surface area contributed by atoms with Gasteiger partial charge in [0.2, 0.25) is 10.0 Å². The van der Waals surface area contributed by atoms with Gasteiger partial charge in [-0.2, -0.15) is 0 Å². The van der Waals surface area contributed by atoms with E-state index < -0.39 is 20.9 Å². The van der Waals surface area contributed by atoms with Crippen LogP contribution in [-0.2, 0) is 19.5 Å². The van der Waals surface area contributed by atoms with Gasteiger partial charge in [-0.15, -0.1) is 0 Å². The van der Waals surface area contributed by atoms with E-state index in [1.807, 2.05) is 0 Å². The fraction of sp³-hybridized carbons (Fsp3) is 0.364. The van der Waals surface area contributed by atoms with Crippen molar-refractivity contribution in [2.75, 3.05) is 13.2 Å². The van der Waals surface area contributed by atoms with Crippen molar-refractivity contribution in [3.05, 3.63) is 27.7 Å². The predicted octanol–water partition coefficient (Wildman–Crippen LogP) is 1.59. The van der Waals surface area contributed by atoms with Crippen molar-refractivity contribution in [2.24, 2.45) is 5.14 Å². The van der Waals surface area contributed by atoms with Gasteiger partial charge in [0.25, 0.3) is 0 Å². The highest BCUT2D eigenvalue weighted by molar-refractivity contribution is 7.89. The summed E-state index contributed by atoms with van der Waals surface area (Å²) in [6, 6.07) is 2.31. The van der Waals surface area contributed by atoms with E-state index in [4.69, 9.17) is 37.8 Å². The Labute approximate surface area is 125 Å². The van der Waals surface area contributed by atoms with Gasteiger partial charge in [-0.05, 0) is 12.1 Å². The predicted molar refractivity (Wildman–Crippen MR) is 72.5 cm³/mol. The average molecular weight is 340 g/mol. The number of primary sulfonamides is 1. The molecule has 1 fully saturated rings. The summed E-state index contributed by atoms with van der Waals surface area (Å²) in [4.78, 5) is 11.6. The molecular weight excluding hydrogens is 329 g/mol. The van der Waals surface area contributed by atoms with Gasteiger partial charge in [0.15, 0.2) is 0 Å². The van der Waals surface area contributed by atoms with Crippen LogP contribution >= 0.6 is 23.2 Å². The van der Waals surface area contributed by atoms with Crippen LogP contribution in [0.15, 0.2) is 17.0 Å². The Morgan fingerprint density at radius 1 is 1.40 bits per heavy atom. The Bertz CT molecular complexity index is 640. The number of sulfonamides is 1. The van der Waals surface area contributed by atoms with Crippen molar-refractivity contribution in [2.45, 2.75) is 17.4 Å². The van der Waals surface area contributed by atoms with Crippen LogP contribution in [0.3, 0.4) is 0 Å². The topological polar surface area (TPSA) is 95.7 Å². The largest absolute Gasteiger partial charge is 0.456 e. The molecule has 110 valence electrons. The third-order valence-corrected chi connectivity index (χ3v) is 4.36. The molecule has 0 radical (unpaired) electrons. The zero-order valence-electron chi connectivity index (χ0n) is 10.1. The molecule has 0 aliphatic carbocycles. The monoisotopic (exact) mass is 339 g/mol. The fourth-order valence-corrected chi connectivity index (χ4v) is 3.18. The summed E-state index contributed by atoms with van der Waals surface area (Å²) in [6.45, 7) is 0.801. The van der Waals surface area contributed by atoms with Gasteiger partial charge < -0.3 is 9.47 Å². The fourth-order valence-electron chi connectivity index (χ4n) is 1.74. The van der Waals surface area contributed by atoms with Gasteiger partial charge in [0.1, 0.15) is 11.0 Å². The number of ether oxygens (including phenoxy) is 2. The van der Waals surface area contributed by atoms with Gasteiger partial charge in [-0.3, -0.25) is 0 Å². The zero-order chi connectivity index (χ0) is 14.9. The lowest BCUT2D eigenvalue weighted by molar-refractivity contribution is 0.0270. The summed E-state index contributed by atoms with van der Waals surface area (Å²) in [5, 5.41) is 4.73. The molecule has 9 heteroatoms. The average Bonchev–Trinajstić information content (AvgIpc) is 2.83. The molecule has 1 atom stereocenters. The second-order valence-corrected chi connectivity index (χ2v) is 6.55. The molecule has 1 aromatic rings. The maximum absolute atomic E-state index is 12.0. The molecule has 2 rings (SSSR count). The van der Waals surface area contributed by atoms with Crippen LogP contribution in [0.25, 0.3) is 0 Å². The Morgan fingerprint density at radius 3 is 2.65 bits per heavy atom. The smallest absolute Gasteiger partial charge is 0.340 e. The van der Waals surface area contributed by atoms with Crippen molar-refractivity contribution in [1.82, 2.24) is 0 Å². The number of halogens is 2. The number of hydrogen-bond acceptors (Lipinski definition) is 5. The molecule has 0 bridgehead atoms. The Hall–Kier alpha value is -0.860. The van der Waals surface area contributed by atoms with E-state index >= 15 is 0 Å². The minimum Gasteiger partial charge on any atom is -0.456 e. The molecule has 1 aliphatic heterocycles. The highest BCUT2D eigenvalue weighted by Crippen LogP contribution is 2.29. The molecular formula is C11H11Cl2NO5S. The molecule has 2 N–H and O–H groups in total. The van der Waals surface area contributed by atoms with Gasteiger partial charge in [-0.1, -0.05) is 23.2 Å². The molecule has 20 heavy (non-hydrogen) atoms. The number of hydrogen-bond donors (Lipinski definition) is 1. The minimum absolute atomic E-state index is 0.0213. The molecule has 1 unspecified atom stereocenters. The maximum Gasteiger partial charge on any atom is 0.340 e. The van der Waals surface area contributed by atoms with Crippen LogP contribution in [0, 0.1) is 0 Å². The first-order valence-electron chi connectivity index (χ1n) is 5.59. The van der Waals surface area contributed by atoms with Crippen molar-refractivity contribution in [1.29, 1.82) is 0 Å². The van der Waals surface area contributed by atoms with E-state index in [1.54, 1.807) is 0 Å². The number of nitrogens with two attached hydrogens (primary N) is 1. The number of benzene rings is 1. The molecule has 0 amide bonds. The second-order valence-electron chi connectivity index (χ2n) is 4.20. The summed E-state index contributed by atoms with van der Waals surface area (Å²) < 4.78 is 33.0. The summed E-state index contributed by atoms with van der Waals surface area (Å²) >= 11 is 11.7. The number of esters is 1. The summed E-state index contributed by atoms with van der Waals surface area (Å²) in [5.41, 5.74) is -0.143. The number of carbonyl (C=O) groups is 1. The standard InChI is InChI=1S/C11H11Cl2NO5S/c12-6-3-8(10(13)9(4-6)20(14,16)17)11(15)19-7-1-2-18-5-7/h3-4,7H,1-2,5H2,(H2,14,16,17). The van der Waals surface area contributed by atoms with Crippen LogP contribution in [0.4, 0.5) is 0 Å². The molecule has 1 saturated heterocycles.